The zero-order chi connectivity index (χ0) is 94.8. The average Bonchev–Trinajstić information content (AvgIpc) is 1.76. The molecular weight excluding hydrogens is 1750 g/mol. The second-order valence-electron chi connectivity index (χ2n) is 29.9. The number of carboxylic acid groups (broad SMARTS) is 1. The molecule has 4 aliphatic rings. The molecule has 12 rings (SSSR count). The van der Waals surface area contributed by atoms with Crippen LogP contribution in [0.15, 0.2) is 97.6 Å². The molecule has 688 valence electrons. The van der Waals surface area contributed by atoms with Crippen molar-refractivity contribution in [3.05, 3.63) is 159 Å². The van der Waals surface area contributed by atoms with Crippen LogP contribution in [0.3, 0.4) is 0 Å². The lowest BCUT2D eigenvalue weighted by atomic mass is 9.93. The number of likely N-dealkylation sites (tertiary alicyclic amines) is 3. The van der Waals surface area contributed by atoms with Crippen molar-refractivity contribution in [2.24, 2.45) is 46.6 Å². The predicted octanol–water partition coefficient (Wildman–Crippen LogP) is 6.03. The van der Waals surface area contributed by atoms with Gasteiger partial charge in [0.25, 0.3) is 47.3 Å². The Morgan fingerprint density at radius 2 is 0.612 bits per heavy atom. The first-order valence-corrected chi connectivity index (χ1v) is 43.4. The molecule has 8 aromatic rings. The molecule has 15 amide bonds. The number of methoxy groups -OCH3 is 4. The minimum atomic E-state index is -1.65. The first kappa shape index (κ1) is 100. The van der Waals surface area contributed by atoms with Crippen LogP contribution in [-0.4, -0.2) is 217 Å². The van der Waals surface area contributed by atoms with Crippen LogP contribution in [0.5, 0.6) is 23.5 Å². The summed E-state index contributed by atoms with van der Waals surface area (Å²) in [5.74, 6) is -9.73. The van der Waals surface area contributed by atoms with E-state index >= 15 is 0 Å². The number of thiophene rings is 4. The highest BCUT2D eigenvalue weighted by molar-refractivity contribution is 7.15. The van der Waals surface area contributed by atoms with Crippen molar-refractivity contribution in [1.29, 1.82) is 0 Å². The number of carboxylic acids is 1. The van der Waals surface area contributed by atoms with Crippen LogP contribution >= 0.6 is 45.3 Å². The number of amides is 15. The molecule has 0 aromatic carbocycles. The Morgan fingerprint density at radius 1 is 0.364 bits per heavy atom. The van der Waals surface area contributed by atoms with Crippen LogP contribution in [0, 0.1) is 23.7 Å². The molecule has 4 saturated heterocycles. The molecule has 0 radical (unpaired) electrons. The number of hydrogen-bond donors (Lipinski definition) is 14. The van der Waals surface area contributed by atoms with Crippen LogP contribution in [-0.2, 0) is 38.4 Å². The minimum absolute atomic E-state index is 0.00850. The average molecular weight is 1860 g/mol. The van der Waals surface area contributed by atoms with Crippen LogP contribution in [0.2, 0.25) is 0 Å². The fourth-order valence-electron chi connectivity index (χ4n) is 13.9. The normalized spacial score (nSPS) is 17.8. The fraction of sp³-hybridized carbons (Fsp3) is 0.381. The molecule has 41 nitrogen and oxygen atoms in total. The van der Waals surface area contributed by atoms with Crippen molar-refractivity contribution < 1.29 is 101 Å². The second kappa shape index (κ2) is 47.1. The van der Waals surface area contributed by atoms with E-state index in [9.17, 15) is 76.7 Å². The van der Waals surface area contributed by atoms with Crippen molar-refractivity contribution in [3.63, 3.8) is 0 Å². The minimum Gasteiger partial charge on any atom is -0.480 e. The lowest BCUT2D eigenvalue weighted by molar-refractivity contribution is -0.147. The van der Waals surface area contributed by atoms with Gasteiger partial charge in [-0.1, -0.05) is 27.7 Å². The number of primary amides is 4. The van der Waals surface area contributed by atoms with Gasteiger partial charge in [0.05, 0.1) is 114 Å². The number of aliphatic carboxylic acids is 1. The summed E-state index contributed by atoms with van der Waals surface area (Å²) in [4.78, 5) is 218. The van der Waals surface area contributed by atoms with Crippen LogP contribution in [0.25, 0.3) is 0 Å². The van der Waals surface area contributed by atoms with Crippen molar-refractivity contribution in [2.45, 2.75) is 103 Å². The zero-order valence-electron chi connectivity index (χ0n) is 72.5. The first-order chi connectivity index (χ1) is 61.4. The Hall–Kier alpha value is -13.9. The van der Waals surface area contributed by atoms with E-state index in [1.807, 2.05) is 50.4 Å². The highest BCUT2D eigenvalue weighted by Crippen LogP contribution is 2.41. The molecule has 0 saturated carbocycles. The van der Waals surface area contributed by atoms with Gasteiger partial charge < -0.3 is 110 Å². The molecule has 129 heavy (non-hydrogen) atoms. The molecule has 18 N–H and O–H groups in total. The third-order valence-corrected chi connectivity index (χ3v) is 25.3. The third kappa shape index (κ3) is 26.8. The number of hydrogen-bond acceptors (Lipinski definition) is 29. The summed E-state index contributed by atoms with van der Waals surface area (Å²) in [7, 11) is 11.7. The van der Waals surface area contributed by atoms with Gasteiger partial charge >= 0.3 is 47.3 Å². The molecule has 8 aromatic heterocycles. The molecule has 8 atom stereocenters. The number of piperidine rings is 4. The summed E-state index contributed by atoms with van der Waals surface area (Å²) >= 11 is 5.52. The van der Waals surface area contributed by atoms with E-state index in [4.69, 9.17) is 47.0 Å². The summed E-state index contributed by atoms with van der Waals surface area (Å²) in [5, 5.41) is 31.8. The third-order valence-electron chi connectivity index (χ3n) is 20.6. The summed E-state index contributed by atoms with van der Waals surface area (Å²) in [5.41, 5.74) is 21.4. The van der Waals surface area contributed by atoms with E-state index in [1.54, 1.807) is 57.7 Å². The predicted molar refractivity (Wildman–Crippen MR) is 478 cm³/mol. The molecule has 12 heterocycles. The smallest absolute Gasteiger partial charge is 0.394 e. The Balaban J connectivity index is 0.000000205. The topological polar surface area (TPSA) is 604 Å². The lowest BCUT2D eigenvalue weighted by Gasteiger charge is -2.37. The maximum Gasteiger partial charge on any atom is 0.394 e. The molecule has 45 heteroatoms. The van der Waals surface area contributed by atoms with E-state index in [-0.39, 0.29) is 128 Å². The SMILES string of the molecule is CNC(=O)c1ccc([C@@H]2CC[C@@H](C)CN2)s1.CNC(=O)c1ccc([C@@H]2CC[C@@H](C)CN2C(=O)C(=O)Nc2cnc(OC)c(C(N)=O)c2)s1.CNC(=O)c1ccc([C@@H]2CC[C@@H](C)CN2C(=O)C(=O)Nc2cnc(OC)c(C(N)=O)c2)s1.CNC(=O)c1ccc([C@H]2CC[C@H](C)CN2C(=O)C(=O)Nc2cnc(OC)c(C(N)=O)c2)s1.COc1ncc(NC(=O)C(=O)O)cc1C(N)=O. The van der Waals surface area contributed by atoms with Crippen molar-refractivity contribution >= 4 is 163 Å². The number of ether oxygens (including phenoxy) is 4. The number of carbonyl (C=O) groups excluding carboxylic acids is 15. The molecule has 0 aliphatic carbocycles. The Bertz CT molecular complexity index is 5100. The molecule has 4 fully saturated rings. The van der Waals surface area contributed by atoms with E-state index in [1.165, 1.54) is 138 Å². The largest absolute Gasteiger partial charge is 0.480 e. The Labute approximate surface area is 756 Å². The van der Waals surface area contributed by atoms with E-state index in [2.05, 4.69) is 75.5 Å². The quantitative estimate of drug-likeness (QED) is 0.0387. The highest BCUT2D eigenvalue weighted by atomic mass is 32.1. The summed E-state index contributed by atoms with van der Waals surface area (Å²) in [6, 6.07) is 19.2. The number of nitrogens with one attached hydrogen (secondary N) is 9. The van der Waals surface area contributed by atoms with Gasteiger partial charge in [-0.15, -0.1) is 45.3 Å². The molecular formula is C84H102N20O21S4. The van der Waals surface area contributed by atoms with Crippen molar-refractivity contribution in [1.82, 2.24) is 61.2 Å². The van der Waals surface area contributed by atoms with Crippen LogP contribution in [0.4, 0.5) is 22.7 Å². The van der Waals surface area contributed by atoms with Gasteiger partial charge in [0.15, 0.2) is 0 Å². The summed E-state index contributed by atoms with van der Waals surface area (Å²) in [6.07, 6.45) is 12.2. The van der Waals surface area contributed by atoms with Gasteiger partial charge in [0.2, 0.25) is 23.5 Å². The zero-order valence-corrected chi connectivity index (χ0v) is 75.8. The van der Waals surface area contributed by atoms with Crippen LogP contribution < -0.4 is 89.7 Å². The number of nitrogens with zero attached hydrogens (tertiary/aromatic N) is 7. The van der Waals surface area contributed by atoms with Gasteiger partial charge in [0, 0.05) is 73.4 Å². The van der Waals surface area contributed by atoms with Crippen molar-refractivity contribution in [2.75, 3.05) is 104 Å². The van der Waals surface area contributed by atoms with Gasteiger partial charge in [-0.3, -0.25) is 71.9 Å². The lowest BCUT2D eigenvalue weighted by Crippen LogP contribution is -2.46. The number of pyridine rings is 4. The van der Waals surface area contributed by atoms with Crippen LogP contribution in [0.1, 0.15) is 203 Å². The van der Waals surface area contributed by atoms with Gasteiger partial charge in [-0.25, -0.2) is 24.7 Å². The molecule has 0 spiro atoms. The molecule has 0 bridgehead atoms. The Kier molecular flexibility index (Phi) is 36.7. The van der Waals surface area contributed by atoms with E-state index in [0.717, 1.165) is 57.4 Å². The standard InChI is InChI=1S/3C21H25N5O5S.C12H18N2OS.C9H9N3O5/c3*1-11-4-5-14(15-6-7-16(32-15)18(28)23-2)26(10-11)21(30)19(29)25-12-8-13(17(22)27)20(31-3)24-9-12;1-8-3-4-9(14-7-8)10-5-6-11(16-10)12(15)13-2;1-17-8-5(6(10)13)2-4(3-11-8)12-7(14)9(15)16/h3*6-9,11,14H,4-5,10H2,1-3H3,(H2,22,27)(H,23,28)(H,25,29);5-6,8-9,14H,3-4,7H2,1-2H3,(H,13,15);2-3H,1H3,(H2,10,13)(H,12,14)(H,15,16)/t3*11-,14+;8-,9+;/m1101./s1. The monoisotopic (exact) mass is 1850 g/mol. The van der Waals surface area contributed by atoms with E-state index in [0.29, 0.717) is 59.6 Å². The van der Waals surface area contributed by atoms with Gasteiger partial charge in [-0.05, 0) is 154 Å². The first-order valence-electron chi connectivity index (χ1n) is 40.2. The number of aromatic nitrogens is 4. The van der Waals surface area contributed by atoms with E-state index < -0.39 is 70.9 Å². The van der Waals surface area contributed by atoms with Crippen molar-refractivity contribution in [3.8, 4) is 23.5 Å². The summed E-state index contributed by atoms with van der Waals surface area (Å²) < 4.78 is 19.7. The molecule has 4 aliphatic heterocycles. The van der Waals surface area contributed by atoms with Gasteiger partial charge in [-0.2, -0.15) is 0 Å². The molecule has 0 unspecified atom stereocenters. The Morgan fingerprint density at radius 3 is 0.845 bits per heavy atom. The fourth-order valence-corrected chi connectivity index (χ4v) is 18.3. The highest BCUT2D eigenvalue weighted by Gasteiger charge is 2.40. The number of rotatable bonds is 20. The number of nitrogens with two attached hydrogens (primary N) is 4. The summed E-state index contributed by atoms with van der Waals surface area (Å²) in [6.45, 7) is 10.7. The number of carbonyl (C=O) groups is 16. The maximum absolute atomic E-state index is 13.1. The number of anilines is 4. The van der Waals surface area contributed by atoms with Gasteiger partial charge in [0.1, 0.15) is 22.3 Å². The maximum atomic E-state index is 13.1. The second-order valence-corrected chi connectivity index (χ2v) is 34.4.